The molecule has 0 bridgehead atoms. The van der Waals surface area contributed by atoms with Crippen molar-refractivity contribution >= 4 is 5.91 Å². The highest BCUT2D eigenvalue weighted by Gasteiger charge is 2.25. The van der Waals surface area contributed by atoms with Crippen LogP contribution in [0.15, 0.2) is 0 Å². The van der Waals surface area contributed by atoms with Gasteiger partial charge in [-0.15, -0.1) is 0 Å². The van der Waals surface area contributed by atoms with Crippen LogP contribution in [0.1, 0.15) is 32.1 Å². The van der Waals surface area contributed by atoms with Gasteiger partial charge in [0.05, 0.1) is 6.10 Å². The van der Waals surface area contributed by atoms with Gasteiger partial charge in [-0.1, -0.05) is 0 Å². The minimum atomic E-state index is -0.199. The van der Waals surface area contributed by atoms with Crippen LogP contribution >= 0.6 is 0 Å². The van der Waals surface area contributed by atoms with Gasteiger partial charge in [0.2, 0.25) is 5.91 Å². The second-order valence-electron chi connectivity index (χ2n) is 4.36. The topological polar surface area (TPSA) is 50.4 Å². The van der Waals surface area contributed by atoms with Gasteiger partial charge >= 0.3 is 0 Å². The van der Waals surface area contributed by atoms with Crippen LogP contribution in [-0.2, 0) is 9.53 Å². The Morgan fingerprint density at radius 3 is 2.67 bits per heavy atom. The quantitative estimate of drug-likeness (QED) is 0.697. The first-order valence-corrected chi connectivity index (χ1v) is 6.00. The highest BCUT2D eigenvalue weighted by Crippen LogP contribution is 2.15. The maximum Gasteiger partial charge on any atom is 0.249 e. The summed E-state index contributed by atoms with van der Waals surface area (Å²) in [4.78, 5) is 11.6. The van der Waals surface area contributed by atoms with Crippen LogP contribution in [0.5, 0.6) is 0 Å². The summed E-state index contributed by atoms with van der Waals surface area (Å²) in [7, 11) is 0. The van der Waals surface area contributed by atoms with E-state index in [2.05, 4.69) is 10.6 Å². The molecule has 2 aliphatic heterocycles. The number of hydrogen-bond acceptors (Lipinski definition) is 3. The molecule has 0 aliphatic carbocycles. The molecule has 1 atom stereocenters. The fraction of sp³-hybridized carbons (Fsp3) is 0.909. The van der Waals surface area contributed by atoms with E-state index in [-0.39, 0.29) is 18.1 Å². The molecule has 2 heterocycles. The number of carbonyl (C=O) groups is 1. The molecule has 2 saturated heterocycles. The van der Waals surface area contributed by atoms with Gasteiger partial charge in [0, 0.05) is 6.54 Å². The van der Waals surface area contributed by atoms with Gasteiger partial charge in [-0.3, -0.25) is 4.79 Å². The molecular weight excluding hydrogens is 192 g/mol. The zero-order valence-corrected chi connectivity index (χ0v) is 9.13. The summed E-state index contributed by atoms with van der Waals surface area (Å²) in [6.07, 6.45) is 5.20. The predicted molar refractivity (Wildman–Crippen MR) is 57.6 cm³/mol. The number of nitrogens with one attached hydrogen (secondary N) is 2. The van der Waals surface area contributed by atoms with Crippen LogP contribution in [0, 0.1) is 0 Å². The third-order valence-corrected chi connectivity index (χ3v) is 3.13. The molecular formula is C11H20N2O2. The largest absolute Gasteiger partial charge is 0.365 e. The summed E-state index contributed by atoms with van der Waals surface area (Å²) >= 11 is 0. The molecule has 0 aromatic carbocycles. The Morgan fingerprint density at radius 2 is 1.87 bits per heavy atom. The van der Waals surface area contributed by atoms with E-state index in [9.17, 15) is 4.79 Å². The van der Waals surface area contributed by atoms with Crippen LogP contribution in [0.2, 0.25) is 0 Å². The Balaban J connectivity index is 1.82. The monoisotopic (exact) mass is 212 g/mol. The van der Waals surface area contributed by atoms with Crippen LogP contribution in [0.25, 0.3) is 0 Å². The maximum atomic E-state index is 11.6. The van der Waals surface area contributed by atoms with E-state index in [1.807, 2.05) is 0 Å². The van der Waals surface area contributed by atoms with E-state index in [1.54, 1.807) is 0 Å². The van der Waals surface area contributed by atoms with Gasteiger partial charge in [0.1, 0.15) is 6.10 Å². The van der Waals surface area contributed by atoms with Crippen LogP contribution in [0.3, 0.4) is 0 Å². The fourth-order valence-corrected chi connectivity index (χ4v) is 2.20. The molecule has 4 heteroatoms. The molecule has 0 radical (unpaired) electrons. The van der Waals surface area contributed by atoms with Crippen molar-refractivity contribution in [3.8, 4) is 0 Å². The molecule has 2 N–H and O–H groups in total. The second kappa shape index (κ2) is 5.47. The molecule has 1 unspecified atom stereocenters. The Bertz CT molecular complexity index is 215. The number of hydrogen-bond donors (Lipinski definition) is 2. The Kier molecular flexibility index (Phi) is 3.97. The highest BCUT2D eigenvalue weighted by atomic mass is 16.5. The zero-order chi connectivity index (χ0) is 10.5. The van der Waals surface area contributed by atoms with Gasteiger partial charge in [-0.25, -0.2) is 0 Å². The summed E-state index contributed by atoms with van der Waals surface area (Å²) in [5, 5.41) is 6.20. The summed E-state index contributed by atoms with van der Waals surface area (Å²) in [6, 6.07) is 0. The lowest BCUT2D eigenvalue weighted by molar-refractivity contribution is -0.137. The van der Waals surface area contributed by atoms with Gasteiger partial charge < -0.3 is 15.4 Å². The smallest absolute Gasteiger partial charge is 0.249 e. The zero-order valence-electron chi connectivity index (χ0n) is 9.13. The highest BCUT2D eigenvalue weighted by molar-refractivity contribution is 5.80. The molecule has 2 rings (SSSR count). The molecule has 1 amide bonds. The molecule has 15 heavy (non-hydrogen) atoms. The predicted octanol–water partition coefficient (Wildman–Crippen LogP) is 0.424. The summed E-state index contributed by atoms with van der Waals surface area (Å²) in [5.74, 6) is 0.0889. The third-order valence-electron chi connectivity index (χ3n) is 3.13. The van der Waals surface area contributed by atoms with E-state index < -0.39 is 0 Å². The van der Waals surface area contributed by atoms with E-state index >= 15 is 0 Å². The fourth-order valence-electron chi connectivity index (χ4n) is 2.20. The molecule has 4 nitrogen and oxygen atoms in total. The average Bonchev–Trinajstić information content (AvgIpc) is 2.46. The van der Waals surface area contributed by atoms with E-state index in [1.165, 1.54) is 0 Å². The number of rotatable bonds is 2. The second-order valence-corrected chi connectivity index (χ2v) is 4.36. The van der Waals surface area contributed by atoms with E-state index in [0.29, 0.717) is 0 Å². The molecule has 86 valence electrons. The first-order chi connectivity index (χ1) is 7.36. The average molecular weight is 212 g/mol. The number of ether oxygens (including phenoxy) is 1. The Labute approximate surface area is 90.8 Å². The van der Waals surface area contributed by atoms with Crippen molar-refractivity contribution in [1.29, 1.82) is 0 Å². The van der Waals surface area contributed by atoms with Gasteiger partial charge in [-0.05, 0) is 45.2 Å². The maximum absolute atomic E-state index is 11.6. The van der Waals surface area contributed by atoms with Crippen molar-refractivity contribution in [1.82, 2.24) is 10.6 Å². The molecule has 2 aliphatic rings. The van der Waals surface area contributed by atoms with Crippen LogP contribution in [0.4, 0.5) is 0 Å². The molecule has 0 spiro atoms. The first-order valence-electron chi connectivity index (χ1n) is 6.00. The van der Waals surface area contributed by atoms with E-state index in [4.69, 9.17) is 4.74 Å². The lowest BCUT2D eigenvalue weighted by Gasteiger charge is -2.26. The minimum absolute atomic E-state index is 0.0889. The first kappa shape index (κ1) is 10.9. The van der Waals surface area contributed by atoms with Gasteiger partial charge in [-0.2, -0.15) is 0 Å². The van der Waals surface area contributed by atoms with Crippen molar-refractivity contribution < 1.29 is 9.53 Å². The summed E-state index contributed by atoms with van der Waals surface area (Å²) in [5.41, 5.74) is 0. The van der Waals surface area contributed by atoms with Crippen molar-refractivity contribution in [2.24, 2.45) is 0 Å². The number of amides is 1. The molecule has 2 fully saturated rings. The SMILES string of the molecule is O=C1NCCCCC1OC1CCNCC1. The van der Waals surface area contributed by atoms with E-state index in [0.717, 1.165) is 51.7 Å². The number of carbonyl (C=O) groups excluding carboxylic acids is 1. The van der Waals surface area contributed by atoms with Crippen LogP contribution < -0.4 is 10.6 Å². The van der Waals surface area contributed by atoms with Crippen molar-refractivity contribution in [2.45, 2.75) is 44.3 Å². The van der Waals surface area contributed by atoms with Crippen molar-refractivity contribution in [2.75, 3.05) is 19.6 Å². The summed E-state index contributed by atoms with van der Waals surface area (Å²) in [6.45, 7) is 2.84. The third kappa shape index (κ3) is 3.18. The lowest BCUT2D eigenvalue weighted by atomic mass is 10.1. The van der Waals surface area contributed by atoms with Crippen molar-refractivity contribution in [3.63, 3.8) is 0 Å². The molecule has 0 aromatic heterocycles. The lowest BCUT2D eigenvalue weighted by Crippen LogP contribution is -2.40. The summed E-state index contributed by atoms with van der Waals surface area (Å²) < 4.78 is 5.87. The van der Waals surface area contributed by atoms with Crippen LogP contribution in [-0.4, -0.2) is 37.7 Å². The standard InChI is InChI=1S/C11H20N2O2/c14-11-10(3-1-2-6-13-11)15-9-4-7-12-8-5-9/h9-10,12H,1-8H2,(H,13,14). The molecule has 0 aromatic rings. The minimum Gasteiger partial charge on any atom is -0.365 e. The molecule has 0 saturated carbocycles. The van der Waals surface area contributed by atoms with Crippen molar-refractivity contribution in [3.05, 3.63) is 0 Å². The Morgan fingerprint density at radius 1 is 1.07 bits per heavy atom. The van der Waals surface area contributed by atoms with Gasteiger partial charge in [0.25, 0.3) is 0 Å². The Hall–Kier alpha value is -0.610. The normalized spacial score (nSPS) is 29.6. The number of piperidine rings is 1. The van der Waals surface area contributed by atoms with Gasteiger partial charge in [0.15, 0.2) is 0 Å².